The molecular formula is C21H22N+. The third kappa shape index (κ3) is 1.96. The topological polar surface area (TPSA) is 3.88 Å². The van der Waals surface area contributed by atoms with Gasteiger partial charge in [0, 0.05) is 18.6 Å². The van der Waals surface area contributed by atoms with Crippen LogP contribution in [-0.4, -0.2) is 0 Å². The second-order valence-electron chi connectivity index (χ2n) is 6.85. The van der Waals surface area contributed by atoms with Crippen LogP contribution in [0.1, 0.15) is 37.9 Å². The molecule has 1 unspecified atom stereocenters. The van der Waals surface area contributed by atoms with Gasteiger partial charge >= 0.3 is 0 Å². The van der Waals surface area contributed by atoms with Crippen molar-refractivity contribution in [1.29, 1.82) is 0 Å². The average molecular weight is 288 g/mol. The van der Waals surface area contributed by atoms with Gasteiger partial charge in [-0.1, -0.05) is 38.1 Å². The van der Waals surface area contributed by atoms with Crippen LogP contribution in [0.4, 0.5) is 0 Å². The number of hydrogen-bond acceptors (Lipinski definition) is 0. The van der Waals surface area contributed by atoms with Gasteiger partial charge in [-0.3, -0.25) is 0 Å². The highest BCUT2D eigenvalue weighted by Gasteiger charge is 2.34. The van der Waals surface area contributed by atoms with E-state index in [0.717, 1.165) is 6.42 Å². The van der Waals surface area contributed by atoms with E-state index in [0.29, 0.717) is 12.0 Å². The van der Waals surface area contributed by atoms with Gasteiger partial charge in [-0.05, 0) is 41.5 Å². The SMILES string of the molecule is CC(C)Cc1ccc2c(c1)C(C)[n+]1ccc3ccccc3c1-2. The maximum Gasteiger partial charge on any atom is 0.221 e. The first-order valence-corrected chi connectivity index (χ1v) is 8.21. The fourth-order valence-corrected chi connectivity index (χ4v) is 3.76. The molecule has 3 aromatic rings. The molecule has 0 radical (unpaired) electrons. The first kappa shape index (κ1) is 13.5. The van der Waals surface area contributed by atoms with Gasteiger partial charge in [0.15, 0.2) is 12.2 Å². The molecule has 22 heavy (non-hydrogen) atoms. The van der Waals surface area contributed by atoms with Crippen LogP contribution >= 0.6 is 0 Å². The number of rotatable bonds is 2. The van der Waals surface area contributed by atoms with E-state index in [1.807, 2.05) is 0 Å². The third-order valence-corrected chi connectivity index (χ3v) is 4.77. The predicted octanol–water partition coefficient (Wildman–Crippen LogP) is 4.92. The van der Waals surface area contributed by atoms with E-state index in [1.54, 1.807) is 0 Å². The second-order valence-corrected chi connectivity index (χ2v) is 6.85. The van der Waals surface area contributed by atoms with Crippen LogP contribution in [0.5, 0.6) is 0 Å². The van der Waals surface area contributed by atoms with E-state index < -0.39 is 0 Å². The lowest BCUT2D eigenvalue weighted by molar-refractivity contribution is -0.693. The molecule has 0 aliphatic carbocycles. The van der Waals surface area contributed by atoms with Crippen molar-refractivity contribution >= 4 is 10.8 Å². The van der Waals surface area contributed by atoms with Gasteiger partial charge in [0.25, 0.3) is 0 Å². The Hall–Kier alpha value is -2.15. The monoisotopic (exact) mass is 288 g/mol. The number of pyridine rings is 1. The molecule has 0 saturated heterocycles. The average Bonchev–Trinajstić information content (AvgIpc) is 2.80. The summed E-state index contributed by atoms with van der Waals surface area (Å²) in [6, 6.07) is 18.4. The van der Waals surface area contributed by atoms with Gasteiger partial charge in [0.2, 0.25) is 5.69 Å². The van der Waals surface area contributed by atoms with Gasteiger partial charge in [-0.2, -0.15) is 4.57 Å². The van der Waals surface area contributed by atoms with Crippen LogP contribution in [-0.2, 0) is 6.42 Å². The zero-order valence-corrected chi connectivity index (χ0v) is 13.5. The van der Waals surface area contributed by atoms with Crippen molar-refractivity contribution in [3.63, 3.8) is 0 Å². The fourth-order valence-electron chi connectivity index (χ4n) is 3.76. The second kappa shape index (κ2) is 4.95. The molecule has 1 atom stereocenters. The third-order valence-electron chi connectivity index (χ3n) is 4.77. The molecule has 2 heterocycles. The van der Waals surface area contributed by atoms with Crippen molar-refractivity contribution < 1.29 is 4.57 Å². The number of aromatic nitrogens is 1. The maximum atomic E-state index is 2.42. The fraction of sp³-hybridized carbons (Fsp3) is 0.286. The Kier molecular flexibility index (Phi) is 3.04. The van der Waals surface area contributed by atoms with E-state index >= 15 is 0 Å². The molecule has 1 aliphatic heterocycles. The van der Waals surface area contributed by atoms with Gasteiger partial charge in [0.05, 0.1) is 10.9 Å². The van der Waals surface area contributed by atoms with E-state index in [4.69, 9.17) is 0 Å². The van der Waals surface area contributed by atoms with E-state index in [-0.39, 0.29) is 0 Å². The van der Waals surface area contributed by atoms with Crippen molar-refractivity contribution in [2.45, 2.75) is 33.2 Å². The molecule has 1 aromatic heterocycles. The van der Waals surface area contributed by atoms with Gasteiger partial charge in [0.1, 0.15) is 0 Å². The summed E-state index contributed by atoms with van der Waals surface area (Å²) in [5.74, 6) is 0.700. The molecule has 0 fully saturated rings. The van der Waals surface area contributed by atoms with E-state index in [1.165, 1.54) is 33.2 Å². The van der Waals surface area contributed by atoms with Gasteiger partial charge in [-0.15, -0.1) is 0 Å². The molecule has 0 spiro atoms. The lowest BCUT2D eigenvalue weighted by atomic mass is 9.95. The number of benzene rings is 2. The van der Waals surface area contributed by atoms with Crippen molar-refractivity contribution in [1.82, 2.24) is 0 Å². The van der Waals surface area contributed by atoms with Crippen LogP contribution in [0.15, 0.2) is 54.7 Å². The highest BCUT2D eigenvalue weighted by molar-refractivity contribution is 5.94. The molecule has 1 aliphatic rings. The van der Waals surface area contributed by atoms with Gasteiger partial charge in [-0.25, -0.2) is 0 Å². The summed E-state index contributed by atoms with van der Waals surface area (Å²) in [7, 11) is 0. The summed E-state index contributed by atoms with van der Waals surface area (Å²) >= 11 is 0. The van der Waals surface area contributed by atoms with Crippen LogP contribution in [0.25, 0.3) is 22.0 Å². The molecular weight excluding hydrogens is 266 g/mol. The number of fused-ring (bicyclic) bond motifs is 5. The van der Waals surface area contributed by atoms with E-state index in [2.05, 4.69) is 80.1 Å². The summed E-state index contributed by atoms with van der Waals surface area (Å²) < 4.78 is 2.42. The van der Waals surface area contributed by atoms with Crippen molar-refractivity contribution in [2.24, 2.45) is 5.92 Å². The van der Waals surface area contributed by atoms with Crippen LogP contribution in [0, 0.1) is 5.92 Å². The highest BCUT2D eigenvalue weighted by Crippen LogP contribution is 2.37. The smallest absolute Gasteiger partial charge is 0.191 e. The summed E-state index contributed by atoms with van der Waals surface area (Å²) in [4.78, 5) is 0. The molecule has 4 rings (SSSR count). The first-order chi connectivity index (χ1) is 10.6. The molecule has 0 N–H and O–H groups in total. The molecule has 1 nitrogen and oxygen atoms in total. The lowest BCUT2D eigenvalue weighted by Crippen LogP contribution is -2.35. The minimum Gasteiger partial charge on any atom is -0.191 e. The zero-order chi connectivity index (χ0) is 15.3. The Balaban J connectivity index is 1.94. The van der Waals surface area contributed by atoms with Crippen molar-refractivity contribution in [3.8, 4) is 11.3 Å². The molecule has 0 bridgehead atoms. The Morgan fingerprint density at radius 1 is 1.05 bits per heavy atom. The molecule has 0 amide bonds. The first-order valence-electron chi connectivity index (χ1n) is 8.21. The largest absolute Gasteiger partial charge is 0.221 e. The lowest BCUT2D eigenvalue weighted by Gasteiger charge is -2.07. The summed E-state index contributed by atoms with van der Waals surface area (Å²) in [5, 5.41) is 2.67. The van der Waals surface area contributed by atoms with E-state index in [9.17, 15) is 0 Å². The van der Waals surface area contributed by atoms with Crippen molar-refractivity contribution in [2.75, 3.05) is 0 Å². The highest BCUT2D eigenvalue weighted by atomic mass is 15.0. The Labute approximate surface area is 132 Å². The quantitative estimate of drug-likeness (QED) is 0.590. The molecule has 0 saturated carbocycles. The Bertz CT molecular complexity index is 861. The normalized spacial score (nSPS) is 16.1. The Morgan fingerprint density at radius 2 is 1.86 bits per heavy atom. The van der Waals surface area contributed by atoms with Crippen LogP contribution in [0.3, 0.4) is 0 Å². The number of nitrogens with zero attached hydrogens (tertiary/aromatic N) is 1. The maximum absolute atomic E-state index is 2.42. The Morgan fingerprint density at radius 3 is 2.68 bits per heavy atom. The predicted molar refractivity (Wildman–Crippen MR) is 91.9 cm³/mol. The van der Waals surface area contributed by atoms with Crippen LogP contribution in [0.2, 0.25) is 0 Å². The molecule has 1 heteroatoms. The minimum absolute atomic E-state index is 0.418. The minimum atomic E-state index is 0.418. The summed E-state index contributed by atoms with van der Waals surface area (Å²) in [5.41, 5.74) is 5.70. The summed E-state index contributed by atoms with van der Waals surface area (Å²) in [6.07, 6.45) is 3.40. The summed E-state index contributed by atoms with van der Waals surface area (Å²) in [6.45, 7) is 6.88. The van der Waals surface area contributed by atoms with Crippen LogP contribution < -0.4 is 4.57 Å². The van der Waals surface area contributed by atoms with Gasteiger partial charge < -0.3 is 0 Å². The van der Waals surface area contributed by atoms with Crippen molar-refractivity contribution in [3.05, 3.63) is 65.9 Å². The zero-order valence-electron chi connectivity index (χ0n) is 13.5. The molecule has 2 aromatic carbocycles. The standard InChI is InChI=1S/C21H22N/c1-14(2)12-16-8-9-19-20(13-16)15(3)22-11-10-17-6-4-5-7-18(17)21(19)22/h4-11,13-15H,12H2,1-3H3/q+1. The number of hydrogen-bond donors (Lipinski definition) is 0. The molecule has 110 valence electrons.